The van der Waals surface area contributed by atoms with Crippen molar-refractivity contribution in [1.29, 1.82) is 0 Å². The van der Waals surface area contributed by atoms with Crippen molar-refractivity contribution in [3.05, 3.63) is 0 Å². The quantitative estimate of drug-likeness (QED) is 0.649. The van der Waals surface area contributed by atoms with Crippen LogP contribution >= 0.6 is 0 Å². The van der Waals surface area contributed by atoms with Gasteiger partial charge in [-0.25, -0.2) is 0 Å². The van der Waals surface area contributed by atoms with Crippen LogP contribution in [0.25, 0.3) is 0 Å². The Morgan fingerprint density at radius 3 is 2.06 bits per heavy atom. The number of likely N-dealkylation sites (N-methyl/N-ethyl adjacent to an activating group) is 1. The first kappa shape index (κ1) is 15.1. The molecule has 0 radical (unpaired) electrons. The van der Waals surface area contributed by atoms with E-state index >= 15 is 0 Å². The van der Waals surface area contributed by atoms with Crippen molar-refractivity contribution in [2.24, 2.45) is 0 Å². The zero-order valence-electron chi connectivity index (χ0n) is 12.2. The lowest BCUT2D eigenvalue weighted by Gasteiger charge is -2.37. The summed E-state index contributed by atoms with van der Waals surface area (Å²) in [5, 5.41) is 0. The Bertz CT molecular complexity index is 216. The van der Waals surface area contributed by atoms with Crippen molar-refractivity contribution in [2.45, 2.75) is 13.1 Å². The van der Waals surface area contributed by atoms with E-state index in [2.05, 4.69) is 41.9 Å². The van der Waals surface area contributed by atoms with E-state index in [1.165, 1.54) is 38.9 Å². The molecule has 4 nitrogen and oxygen atoms in total. The first-order chi connectivity index (χ1) is 7.93. The number of rotatable bonds is 6. The van der Waals surface area contributed by atoms with Crippen LogP contribution in [0.15, 0.2) is 0 Å². The van der Waals surface area contributed by atoms with E-state index in [1.54, 1.807) is 0 Å². The second kappa shape index (κ2) is 6.85. The first-order valence-electron chi connectivity index (χ1n) is 6.57. The van der Waals surface area contributed by atoms with Gasteiger partial charge in [-0.2, -0.15) is 0 Å². The van der Waals surface area contributed by atoms with Crippen molar-refractivity contribution >= 4 is 8.32 Å². The van der Waals surface area contributed by atoms with Gasteiger partial charge in [0.2, 0.25) is 0 Å². The summed E-state index contributed by atoms with van der Waals surface area (Å²) in [7, 11) is 4.72. The summed E-state index contributed by atoms with van der Waals surface area (Å²) in [6.07, 6.45) is 1.17. The van der Waals surface area contributed by atoms with Gasteiger partial charge in [0, 0.05) is 52.5 Å². The topological polar surface area (TPSA) is 19.0 Å². The van der Waals surface area contributed by atoms with Crippen LogP contribution in [-0.2, 0) is 4.43 Å². The monoisotopic (exact) mass is 259 g/mol. The van der Waals surface area contributed by atoms with Crippen LogP contribution in [0.3, 0.4) is 0 Å². The van der Waals surface area contributed by atoms with Gasteiger partial charge in [0.15, 0.2) is 8.32 Å². The largest absolute Gasteiger partial charge is 0.419 e. The molecule has 0 aromatic carbocycles. The second-order valence-electron chi connectivity index (χ2n) is 5.88. The molecule has 102 valence electrons. The van der Waals surface area contributed by atoms with Gasteiger partial charge in [-0.1, -0.05) is 0 Å². The SMILES string of the molecule is CO[Si](C)(C)CN1CCN(CCN(C)C)CC1. The summed E-state index contributed by atoms with van der Waals surface area (Å²) >= 11 is 0. The molecule has 0 aromatic heterocycles. The Morgan fingerprint density at radius 1 is 1.06 bits per heavy atom. The van der Waals surface area contributed by atoms with Crippen LogP contribution in [0.1, 0.15) is 0 Å². The van der Waals surface area contributed by atoms with Crippen molar-refractivity contribution in [1.82, 2.24) is 14.7 Å². The Morgan fingerprint density at radius 2 is 1.59 bits per heavy atom. The molecule has 1 rings (SSSR count). The van der Waals surface area contributed by atoms with Gasteiger partial charge < -0.3 is 14.2 Å². The van der Waals surface area contributed by atoms with E-state index in [4.69, 9.17) is 4.43 Å². The predicted octanol–water partition coefficient (Wildman–Crippen LogP) is 0.556. The highest BCUT2D eigenvalue weighted by atomic mass is 28.4. The molecular formula is C12H29N3OSi. The van der Waals surface area contributed by atoms with E-state index in [0.717, 1.165) is 6.54 Å². The summed E-state index contributed by atoms with van der Waals surface area (Å²) in [5.74, 6) is 0. The van der Waals surface area contributed by atoms with E-state index in [1.807, 2.05) is 7.11 Å². The number of piperazine rings is 1. The van der Waals surface area contributed by atoms with Crippen LogP contribution < -0.4 is 0 Å². The van der Waals surface area contributed by atoms with Crippen LogP contribution in [0.5, 0.6) is 0 Å². The molecule has 0 aliphatic carbocycles. The molecule has 0 unspecified atom stereocenters. The maximum Gasteiger partial charge on any atom is 0.199 e. The third-order valence-electron chi connectivity index (χ3n) is 3.49. The summed E-state index contributed by atoms with van der Waals surface area (Å²) < 4.78 is 5.62. The third kappa shape index (κ3) is 5.97. The zero-order chi connectivity index (χ0) is 12.9. The fourth-order valence-electron chi connectivity index (χ4n) is 2.12. The molecule has 0 atom stereocenters. The van der Waals surface area contributed by atoms with Gasteiger partial charge in [-0.3, -0.25) is 4.90 Å². The average Bonchev–Trinajstić information content (AvgIpc) is 2.28. The molecule has 0 saturated carbocycles. The van der Waals surface area contributed by atoms with Gasteiger partial charge in [0.1, 0.15) is 0 Å². The smallest absolute Gasteiger partial charge is 0.199 e. The standard InChI is InChI=1S/C12H29N3OSi/c1-13(2)6-7-14-8-10-15(11-9-14)12-17(4,5)16-3/h6-12H2,1-5H3. The molecule has 17 heavy (non-hydrogen) atoms. The summed E-state index contributed by atoms with van der Waals surface area (Å²) in [5.41, 5.74) is 0. The van der Waals surface area contributed by atoms with Gasteiger partial charge in [0.05, 0.1) is 0 Å². The van der Waals surface area contributed by atoms with Crippen LogP contribution in [0.4, 0.5) is 0 Å². The average molecular weight is 259 g/mol. The molecule has 1 aliphatic heterocycles. The summed E-state index contributed by atoms with van der Waals surface area (Å²) in [4.78, 5) is 7.40. The highest BCUT2D eigenvalue weighted by Gasteiger charge is 2.26. The molecule has 1 heterocycles. The summed E-state index contributed by atoms with van der Waals surface area (Å²) in [6, 6.07) is 0. The lowest BCUT2D eigenvalue weighted by atomic mass is 10.3. The van der Waals surface area contributed by atoms with Crippen molar-refractivity contribution in [2.75, 3.05) is 66.6 Å². The Balaban J connectivity index is 2.21. The summed E-state index contributed by atoms with van der Waals surface area (Å²) in [6.45, 7) is 11.8. The molecule has 5 heteroatoms. The maximum absolute atomic E-state index is 5.62. The van der Waals surface area contributed by atoms with Gasteiger partial charge >= 0.3 is 0 Å². The highest BCUT2D eigenvalue weighted by Crippen LogP contribution is 2.08. The molecule has 0 N–H and O–H groups in total. The molecular weight excluding hydrogens is 230 g/mol. The van der Waals surface area contributed by atoms with Crippen LogP contribution in [-0.4, -0.2) is 89.7 Å². The minimum atomic E-state index is -1.42. The molecule has 1 saturated heterocycles. The van der Waals surface area contributed by atoms with Crippen molar-refractivity contribution in [3.63, 3.8) is 0 Å². The van der Waals surface area contributed by atoms with Crippen LogP contribution in [0.2, 0.25) is 13.1 Å². The van der Waals surface area contributed by atoms with Gasteiger partial charge in [-0.05, 0) is 27.2 Å². The fourth-order valence-corrected chi connectivity index (χ4v) is 3.64. The molecule has 1 fully saturated rings. The minimum absolute atomic E-state index is 1.16. The predicted molar refractivity (Wildman–Crippen MR) is 75.9 cm³/mol. The molecule has 0 aromatic rings. The minimum Gasteiger partial charge on any atom is -0.419 e. The fraction of sp³-hybridized carbons (Fsp3) is 1.00. The lowest BCUT2D eigenvalue weighted by molar-refractivity contribution is 0.134. The van der Waals surface area contributed by atoms with Crippen molar-refractivity contribution < 1.29 is 4.43 Å². The number of hydrogen-bond donors (Lipinski definition) is 0. The normalized spacial score (nSPS) is 20.1. The van der Waals surface area contributed by atoms with Crippen molar-refractivity contribution in [3.8, 4) is 0 Å². The van der Waals surface area contributed by atoms with E-state index in [9.17, 15) is 0 Å². The lowest BCUT2D eigenvalue weighted by Crippen LogP contribution is -2.53. The third-order valence-corrected chi connectivity index (χ3v) is 5.80. The molecule has 0 spiro atoms. The van der Waals surface area contributed by atoms with Gasteiger partial charge in [0.25, 0.3) is 0 Å². The zero-order valence-corrected chi connectivity index (χ0v) is 13.2. The van der Waals surface area contributed by atoms with E-state index < -0.39 is 8.32 Å². The van der Waals surface area contributed by atoms with E-state index in [0.29, 0.717) is 0 Å². The Labute approximate surface area is 108 Å². The highest BCUT2D eigenvalue weighted by molar-refractivity contribution is 6.71. The number of hydrogen-bond acceptors (Lipinski definition) is 4. The van der Waals surface area contributed by atoms with Gasteiger partial charge in [-0.15, -0.1) is 0 Å². The molecule has 0 amide bonds. The Hall–Kier alpha value is 0.0569. The first-order valence-corrected chi connectivity index (χ1v) is 9.69. The number of nitrogens with zero attached hydrogens (tertiary/aromatic N) is 3. The Kier molecular flexibility index (Phi) is 6.09. The molecule has 0 bridgehead atoms. The maximum atomic E-state index is 5.62. The van der Waals surface area contributed by atoms with E-state index in [-0.39, 0.29) is 0 Å². The van der Waals surface area contributed by atoms with Crippen LogP contribution in [0, 0.1) is 0 Å². The molecule has 1 aliphatic rings. The second-order valence-corrected chi connectivity index (χ2v) is 10.1.